The third-order valence-corrected chi connectivity index (χ3v) is 2.34. The molecular formula is C13H18F2N2O. The van der Waals surface area contributed by atoms with Crippen molar-refractivity contribution in [3.8, 4) is 0 Å². The van der Waals surface area contributed by atoms with Crippen molar-refractivity contribution < 1.29 is 13.6 Å². The van der Waals surface area contributed by atoms with Gasteiger partial charge in [0.1, 0.15) is 0 Å². The maximum atomic E-state index is 12.3. The average molecular weight is 256 g/mol. The lowest BCUT2D eigenvalue weighted by Gasteiger charge is -2.14. The van der Waals surface area contributed by atoms with Crippen LogP contribution in [0.15, 0.2) is 24.3 Å². The van der Waals surface area contributed by atoms with E-state index in [2.05, 4.69) is 10.6 Å². The minimum Gasteiger partial charge on any atom is -0.377 e. The monoisotopic (exact) mass is 256 g/mol. The molecule has 0 aromatic heterocycles. The number of hydrogen-bond donors (Lipinski definition) is 2. The molecule has 1 unspecified atom stereocenters. The van der Waals surface area contributed by atoms with Crippen LogP contribution in [0, 0.1) is 0 Å². The summed E-state index contributed by atoms with van der Waals surface area (Å²) in [6, 6.07) is 5.60. The first-order valence-electron chi connectivity index (χ1n) is 5.85. The van der Waals surface area contributed by atoms with Gasteiger partial charge in [-0.3, -0.25) is 4.79 Å². The molecule has 0 saturated heterocycles. The van der Waals surface area contributed by atoms with E-state index < -0.39 is 12.5 Å². The third kappa shape index (κ3) is 4.31. The molecule has 0 aliphatic carbocycles. The van der Waals surface area contributed by atoms with Crippen molar-refractivity contribution in [3.05, 3.63) is 29.8 Å². The molecule has 0 fully saturated rings. The van der Waals surface area contributed by atoms with Gasteiger partial charge < -0.3 is 10.6 Å². The van der Waals surface area contributed by atoms with Crippen LogP contribution < -0.4 is 10.6 Å². The summed E-state index contributed by atoms with van der Waals surface area (Å²) < 4.78 is 24.7. The molecule has 2 N–H and O–H groups in total. The Bertz CT molecular complexity index is 390. The van der Waals surface area contributed by atoms with Crippen LogP contribution in [0.25, 0.3) is 0 Å². The molecular weight excluding hydrogens is 238 g/mol. The number of rotatable bonds is 5. The van der Waals surface area contributed by atoms with Crippen molar-refractivity contribution in [2.75, 3.05) is 5.32 Å². The largest absolute Gasteiger partial charge is 0.377 e. The van der Waals surface area contributed by atoms with Crippen LogP contribution >= 0.6 is 0 Å². The van der Waals surface area contributed by atoms with Crippen LogP contribution in [0.5, 0.6) is 0 Å². The molecule has 1 rings (SSSR count). The summed E-state index contributed by atoms with van der Waals surface area (Å²) in [4.78, 5) is 11.6. The standard InChI is InChI=1S/C13H18F2N2O/c1-8(2)16-13(18)10-4-6-11(7-5-10)17-9(3)12(14)15/h4-9,12,17H,1-3H3,(H,16,18). The smallest absolute Gasteiger partial charge is 0.258 e. The van der Waals surface area contributed by atoms with E-state index in [1.54, 1.807) is 24.3 Å². The SMILES string of the molecule is CC(C)NC(=O)c1ccc(NC(C)C(F)F)cc1. The van der Waals surface area contributed by atoms with E-state index in [-0.39, 0.29) is 11.9 Å². The maximum absolute atomic E-state index is 12.3. The molecule has 18 heavy (non-hydrogen) atoms. The van der Waals surface area contributed by atoms with Gasteiger partial charge in [-0.05, 0) is 45.0 Å². The van der Waals surface area contributed by atoms with E-state index in [1.165, 1.54) is 6.92 Å². The van der Waals surface area contributed by atoms with Crippen molar-refractivity contribution in [1.82, 2.24) is 5.32 Å². The third-order valence-electron chi connectivity index (χ3n) is 2.34. The average Bonchev–Trinajstić information content (AvgIpc) is 2.28. The first-order valence-corrected chi connectivity index (χ1v) is 5.85. The maximum Gasteiger partial charge on any atom is 0.258 e. The van der Waals surface area contributed by atoms with Crippen molar-refractivity contribution in [3.63, 3.8) is 0 Å². The Hall–Kier alpha value is -1.65. The Morgan fingerprint density at radius 3 is 2.11 bits per heavy atom. The van der Waals surface area contributed by atoms with Gasteiger partial charge in [-0.15, -0.1) is 0 Å². The molecule has 1 amide bonds. The van der Waals surface area contributed by atoms with Gasteiger partial charge >= 0.3 is 0 Å². The normalized spacial score (nSPS) is 12.6. The Kier molecular flexibility index (Phi) is 5.07. The fourth-order valence-electron chi connectivity index (χ4n) is 1.39. The van der Waals surface area contributed by atoms with Crippen LogP contribution in [-0.4, -0.2) is 24.4 Å². The van der Waals surface area contributed by atoms with Crippen LogP contribution in [-0.2, 0) is 0 Å². The Morgan fingerprint density at radius 2 is 1.67 bits per heavy atom. The number of nitrogens with one attached hydrogen (secondary N) is 2. The number of halogens is 2. The number of hydrogen-bond acceptors (Lipinski definition) is 2. The van der Waals surface area contributed by atoms with Crippen LogP contribution in [0.1, 0.15) is 31.1 Å². The lowest BCUT2D eigenvalue weighted by atomic mass is 10.1. The fraction of sp³-hybridized carbons (Fsp3) is 0.462. The first-order chi connectivity index (χ1) is 8.40. The molecule has 0 aliphatic rings. The zero-order valence-electron chi connectivity index (χ0n) is 10.7. The predicted octanol–water partition coefficient (Wildman–Crippen LogP) is 2.89. The van der Waals surface area contributed by atoms with E-state index in [9.17, 15) is 13.6 Å². The number of anilines is 1. The molecule has 0 spiro atoms. The summed E-state index contributed by atoms with van der Waals surface area (Å²) in [7, 11) is 0. The van der Waals surface area contributed by atoms with Crippen molar-refractivity contribution in [2.45, 2.75) is 39.3 Å². The minimum absolute atomic E-state index is 0.0640. The Labute approximate surface area is 106 Å². The van der Waals surface area contributed by atoms with E-state index >= 15 is 0 Å². The molecule has 0 heterocycles. The molecule has 3 nitrogen and oxygen atoms in total. The Morgan fingerprint density at radius 1 is 1.11 bits per heavy atom. The lowest BCUT2D eigenvalue weighted by molar-refractivity contribution is 0.0943. The predicted molar refractivity (Wildman–Crippen MR) is 68.1 cm³/mol. The molecule has 0 bridgehead atoms. The summed E-state index contributed by atoms with van der Waals surface area (Å²) in [5.41, 5.74) is 1.09. The Balaban J connectivity index is 2.65. The highest BCUT2D eigenvalue weighted by molar-refractivity contribution is 5.94. The summed E-state index contributed by atoms with van der Waals surface area (Å²) in [5.74, 6) is -0.168. The van der Waals surface area contributed by atoms with Gasteiger partial charge in [0.15, 0.2) is 0 Å². The van der Waals surface area contributed by atoms with Crippen LogP contribution in [0.3, 0.4) is 0 Å². The molecule has 0 aliphatic heterocycles. The second-order valence-corrected chi connectivity index (χ2v) is 4.47. The zero-order valence-corrected chi connectivity index (χ0v) is 10.7. The van der Waals surface area contributed by atoms with Gasteiger partial charge in [0, 0.05) is 17.3 Å². The molecule has 1 aromatic rings. The number of amides is 1. The van der Waals surface area contributed by atoms with Crippen LogP contribution in [0.2, 0.25) is 0 Å². The van der Waals surface area contributed by atoms with Gasteiger partial charge in [0.25, 0.3) is 12.3 Å². The summed E-state index contributed by atoms with van der Waals surface area (Å²) in [5, 5.41) is 5.42. The highest BCUT2D eigenvalue weighted by Crippen LogP contribution is 2.13. The fourth-order valence-corrected chi connectivity index (χ4v) is 1.39. The van der Waals surface area contributed by atoms with Crippen molar-refractivity contribution in [1.29, 1.82) is 0 Å². The number of alkyl halides is 2. The highest BCUT2D eigenvalue weighted by atomic mass is 19.3. The molecule has 0 saturated carbocycles. The van der Waals surface area contributed by atoms with Gasteiger partial charge in [0.05, 0.1) is 6.04 Å². The summed E-state index contributed by atoms with van der Waals surface area (Å²) in [6.07, 6.45) is -2.42. The number of carbonyl (C=O) groups excluding carboxylic acids is 1. The van der Waals surface area contributed by atoms with Crippen molar-refractivity contribution >= 4 is 11.6 Å². The quantitative estimate of drug-likeness (QED) is 0.850. The minimum atomic E-state index is -2.42. The van der Waals surface area contributed by atoms with E-state index in [0.717, 1.165) is 0 Å². The second-order valence-electron chi connectivity index (χ2n) is 4.47. The second kappa shape index (κ2) is 6.33. The van der Waals surface area contributed by atoms with E-state index in [0.29, 0.717) is 11.3 Å². The molecule has 1 aromatic carbocycles. The van der Waals surface area contributed by atoms with Gasteiger partial charge in [-0.1, -0.05) is 0 Å². The van der Waals surface area contributed by atoms with E-state index in [4.69, 9.17) is 0 Å². The number of benzene rings is 1. The molecule has 0 radical (unpaired) electrons. The van der Waals surface area contributed by atoms with Gasteiger partial charge in [-0.2, -0.15) is 0 Å². The first kappa shape index (κ1) is 14.4. The van der Waals surface area contributed by atoms with Crippen LogP contribution in [0.4, 0.5) is 14.5 Å². The van der Waals surface area contributed by atoms with Gasteiger partial charge in [0.2, 0.25) is 0 Å². The van der Waals surface area contributed by atoms with Gasteiger partial charge in [-0.25, -0.2) is 8.78 Å². The summed E-state index contributed by atoms with van der Waals surface area (Å²) in [6.45, 7) is 5.15. The lowest BCUT2D eigenvalue weighted by Crippen LogP contribution is -2.30. The zero-order chi connectivity index (χ0) is 13.7. The number of carbonyl (C=O) groups is 1. The summed E-state index contributed by atoms with van der Waals surface area (Å²) >= 11 is 0. The molecule has 5 heteroatoms. The van der Waals surface area contributed by atoms with Crippen molar-refractivity contribution in [2.24, 2.45) is 0 Å². The highest BCUT2D eigenvalue weighted by Gasteiger charge is 2.14. The molecule has 1 atom stereocenters. The topological polar surface area (TPSA) is 41.1 Å². The van der Waals surface area contributed by atoms with E-state index in [1.807, 2.05) is 13.8 Å². The molecule has 100 valence electrons.